The Morgan fingerprint density at radius 1 is 1.04 bits per heavy atom. The van der Waals surface area contributed by atoms with E-state index in [0.29, 0.717) is 12.6 Å². The second-order valence-corrected chi connectivity index (χ2v) is 7.19. The minimum absolute atomic E-state index is 0.102. The van der Waals surface area contributed by atoms with Gasteiger partial charge >= 0.3 is 6.18 Å². The van der Waals surface area contributed by atoms with Gasteiger partial charge in [0.1, 0.15) is 35.1 Å². The second-order valence-electron chi connectivity index (χ2n) is 7.19. The van der Waals surface area contributed by atoms with Crippen molar-refractivity contribution in [3.05, 3.63) is 59.9 Å². The van der Waals surface area contributed by atoms with Gasteiger partial charge in [0.05, 0.1) is 0 Å². The highest BCUT2D eigenvalue weighted by Gasteiger charge is 2.35. The molecule has 2 aromatic carbocycles. The predicted molar refractivity (Wildman–Crippen MR) is 98.0 cm³/mol. The van der Waals surface area contributed by atoms with Crippen LogP contribution in [-0.4, -0.2) is 36.7 Å². The molecular weight excluding hydrogens is 374 g/mol. The van der Waals surface area contributed by atoms with Crippen LogP contribution in [0.15, 0.2) is 48.5 Å². The summed E-state index contributed by atoms with van der Waals surface area (Å²) in [4.78, 5) is 2.13. The standard InChI is InChI=1S/C21H23F4NO2/c1-20(28-17-5-3-2-4-6-17)9-11-26(12-10-20)13-14-27-19-8-7-16(22)15-18(19)21(23,24)25/h2-8,15H,9-14H2,1H3. The lowest BCUT2D eigenvalue weighted by atomic mass is 9.93. The number of para-hydroxylation sites is 1. The quantitative estimate of drug-likeness (QED) is 0.629. The number of benzene rings is 2. The topological polar surface area (TPSA) is 21.7 Å². The van der Waals surface area contributed by atoms with Gasteiger partial charge in [0.2, 0.25) is 0 Å². The molecule has 1 saturated heterocycles. The first-order chi connectivity index (χ1) is 13.3. The molecule has 0 unspecified atom stereocenters. The van der Waals surface area contributed by atoms with Crippen molar-refractivity contribution in [3.8, 4) is 11.5 Å². The van der Waals surface area contributed by atoms with E-state index in [-0.39, 0.29) is 18.0 Å². The molecule has 0 amide bonds. The third-order valence-corrected chi connectivity index (χ3v) is 4.93. The van der Waals surface area contributed by atoms with Gasteiger partial charge in [-0.1, -0.05) is 18.2 Å². The Labute approximate surface area is 161 Å². The van der Waals surface area contributed by atoms with Crippen molar-refractivity contribution in [2.24, 2.45) is 0 Å². The van der Waals surface area contributed by atoms with Crippen LogP contribution in [0.2, 0.25) is 0 Å². The van der Waals surface area contributed by atoms with Gasteiger partial charge in [0, 0.05) is 19.6 Å². The summed E-state index contributed by atoms with van der Waals surface area (Å²) in [7, 11) is 0. The van der Waals surface area contributed by atoms with Crippen molar-refractivity contribution in [2.45, 2.75) is 31.5 Å². The van der Waals surface area contributed by atoms with Gasteiger partial charge in [-0.25, -0.2) is 4.39 Å². The number of rotatable bonds is 6. The van der Waals surface area contributed by atoms with Crippen LogP contribution in [0.3, 0.4) is 0 Å². The Morgan fingerprint density at radius 2 is 1.71 bits per heavy atom. The van der Waals surface area contributed by atoms with E-state index in [2.05, 4.69) is 11.8 Å². The van der Waals surface area contributed by atoms with E-state index in [1.54, 1.807) is 0 Å². The Hall–Kier alpha value is -2.28. The van der Waals surface area contributed by atoms with Crippen molar-refractivity contribution in [1.29, 1.82) is 0 Å². The highest BCUT2D eigenvalue weighted by molar-refractivity contribution is 5.36. The van der Waals surface area contributed by atoms with Gasteiger partial charge in [0.25, 0.3) is 0 Å². The number of likely N-dealkylation sites (tertiary alicyclic amines) is 1. The van der Waals surface area contributed by atoms with Gasteiger partial charge in [-0.2, -0.15) is 13.2 Å². The molecule has 0 N–H and O–H groups in total. The fourth-order valence-electron chi connectivity index (χ4n) is 3.26. The van der Waals surface area contributed by atoms with Crippen molar-refractivity contribution >= 4 is 0 Å². The van der Waals surface area contributed by atoms with Crippen LogP contribution in [0.1, 0.15) is 25.3 Å². The van der Waals surface area contributed by atoms with Crippen molar-refractivity contribution in [2.75, 3.05) is 26.2 Å². The van der Waals surface area contributed by atoms with E-state index in [1.807, 2.05) is 30.3 Å². The van der Waals surface area contributed by atoms with Crippen LogP contribution in [0.5, 0.6) is 11.5 Å². The zero-order valence-electron chi connectivity index (χ0n) is 15.6. The molecule has 7 heteroatoms. The molecule has 0 radical (unpaired) electrons. The molecule has 0 aromatic heterocycles. The summed E-state index contributed by atoms with van der Waals surface area (Å²) in [6.45, 7) is 4.20. The molecule has 1 heterocycles. The highest BCUT2D eigenvalue weighted by atomic mass is 19.4. The third kappa shape index (κ3) is 5.38. The predicted octanol–water partition coefficient (Wildman–Crippen LogP) is 5.16. The summed E-state index contributed by atoms with van der Waals surface area (Å²) in [5, 5.41) is 0. The summed E-state index contributed by atoms with van der Waals surface area (Å²) < 4.78 is 63.6. The Morgan fingerprint density at radius 3 is 2.36 bits per heavy atom. The number of hydrogen-bond donors (Lipinski definition) is 0. The number of ether oxygens (including phenoxy) is 2. The van der Waals surface area contributed by atoms with Gasteiger partial charge < -0.3 is 9.47 Å². The SMILES string of the molecule is CC1(Oc2ccccc2)CCN(CCOc2ccc(F)cc2C(F)(F)F)CC1. The molecule has 3 nitrogen and oxygen atoms in total. The molecular formula is C21H23F4NO2. The summed E-state index contributed by atoms with van der Waals surface area (Å²) >= 11 is 0. The van der Waals surface area contributed by atoms with E-state index < -0.39 is 17.6 Å². The van der Waals surface area contributed by atoms with E-state index in [9.17, 15) is 17.6 Å². The zero-order valence-corrected chi connectivity index (χ0v) is 15.6. The van der Waals surface area contributed by atoms with Crippen LogP contribution in [0.25, 0.3) is 0 Å². The van der Waals surface area contributed by atoms with Gasteiger partial charge in [-0.3, -0.25) is 4.90 Å². The van der Waals surface area contributed by atoms with Crippen LogP contribution >= 0.6 is 0 Å². The molecule has 0 bridgehead atoms. The van der Waals surface area contributed by atoms with Crippen molar-refractivity contribution in [3.63, 3.8) is 0 Å². The fourth-order valence-corrected chi connectivity index (χ4v) is 3.26. The summed E-state index contributed by atoms with van der Waals surface area (Å²) in [5.74, 6) is -0.450. The average Bonchev–Trinajstić information content (AvgIpc) is 2.64. The monoisotopic (exact) mass is 397 g/mol. The maximum atomic E-state index is 13.1. The van der Waals surface area contributed by atoms with E-state index in [4.69, 9.17) is 9.47 Å². The maximum absolute atomic E-state index is 13.1. The Bertz CT molecular complexity index is 772. The van der Waals surface area contributed by atoms with Gasteiger partial charge in [0.15, 0.2) is 0 Å². The molecule has 0 aliphatic carbocycles. The van der Waals surface area contributed by atoms with Gasteiger partial charge in [-0.05, 0) is 50.1 Å². The van der Waals surface area contributed by atoms with Crippen LogP contribution < -0.4 is 9.47 Å². The van der Waals surface area contributed by atoms with Crippen molar-refractivity contribution < 1.29 is 27.0 Å². The van der Waals surface area contributed by atoms with Crippen LogP contribution in [0, 0.1) is 5.82 Å². The van der Waals surface area contributed by atoms with E-state index in [0.717, 1.165) is 43.8 Å². The fraction of sp³-hybridized carbons (Fsp3) is 0.429. The molecule has 0 spiro atoms. The lowest BCUT2D eigenvalue weighted by Crippen LogP contribution is -2.47. The largest absolute Gasteiger partial charge is 0.492 e. The van der Waals surface area contributed by atoms with E-state index in [1.165, 1.54) is 0 Å². The first-order valence-corrected chi connectivity index (χ1v) is 9.21. The minimum atomic E-state index is -4.65. The first kappa shape index (κ1) is 20.5. The molecule has 1 aliphatic heterocycles. The number of halogens is 4. The van der Waals surface area contributed by atoms with E-state index >= 15 is 0 Å². The number of alkyl halides is 3. The second kappa shape index (κ2) is 8.39. The zero-order chi connectivity index (χ0) is 20.2. The summed E-state index contributed by atoms with van der Waals surface area (Å²) in [5.41, 5.74) is -1.35. The molecule has 1 fully saturated rings. The Kier molecular flexibility index (Phi) is 6.13. The molecule has 28 heavy (non-hydrogen) atoms. The summed E-state index contributed by atoms with van der Waals surface area (Å²) in [6.07, 6.45) is -3.03. The van der Waals surface area contributed by atoms with Crippen molar-refractivity contribution in [1.82, 2.24) is 4.90 Å². The minimum Gasteiger partial charge on any atom is -0.492 e. The maximum Gasteiger partial charge on any atom is 0.420 e. The molecule has 2 aromatic rings. The lowest BCUT2D eigenvalue weighted by Gasteiger charge is -2.39. The van der Waals surface area contributed by atoms with Crippen LogP contribution in [0.4, 0.5) is 17.6 Å². The number of hydrogen-bond acceptors (Lipinski definition) is 3. The molecule has 1 aliphatic rings. The van der Waals surface area contributed by atoms with Gasteiger partial charge in [-0.15, -0.1) is 0 Å². The number of nitrogens with zero attached hydrogens (tertiary/aromatic N) is 1. The molecule has 0 saturated carbocycles. The molecule has 3 rings (SSSR count). The summed E-state index contributed by atoms with van der Waals surface area (Å²) in [6, 6.07) is 12.1. The average molecular weight is 397 g/mol. The third-order valence-electron chi connectivity index (χ3n) is 4.93. The Balaban J connectivity index is 1.49. The first-order valence-electron chi connectivity index (χ1n) is 9.21. The highest BCUT2D eigenvalue weighted by Crippen LogP contribution is 2.36. The normalized spacial score (nSPS) is 17.3. The van der Waals surface area contributed by atoms with Crippen LogP contribution in [-0.2, 0) is 6.18 Å². The molecule has 0 atom stereocenters. The smallest absolute Gasteiger partial charge is 0.420 e. The lowest BCUT2D eigenvalue weighted by molar-refractivity contribution is -0.139. The molecule has 152 valence electrons. The number of piperidine rings is 1.